The quantitative estimate of drug-likeness (QED) is 0.344. The average molecular weight is 383 g/mol. The molecule has 3 aromatic carbocycles. The van der Waals surface area contributed by atoms with E-state index in [1.807, 2.05) is 48.2 Å². The van der Waals surface area contributed by atoms with Crippen LogP contribution in [0.3, 0.4) is 0 Å². The number of para-hydroxylation sites is 1. The molecule has 0 amide bonds. The van der Waals surface area contributed by atoms with E-state index in [1.165, 1.54) is 5.56 Å². The molecule has 0 aliphatic carbocycles. The van der Waals surface area contributed by atoms with Crippen molar-refractivity contribution in [2.45, 2.75) is 27.7 Å². The fourth-order valence-electron chi connectivity index (χ4n) is 4.27. The van der Waals surface area contributed by atoms with E-state index in [1.54, 1.807) is 6.07 Å². The number of fused-ring (bicyclic) bond motifs is 4. The lowest BCUT2D eigenvalue weighted by molar-refractivity contribution is 0.0740. The highest BCUT2D eigenvalue weighted by atomic mass is 16.5. The zero-order valence-electron chi connectivity index (χ0n) is 16.9. The van der Waals surface area contributed by atoms with Crippen molar-refractivity contribution in [3.63, 3.8) is 0 Å². The topological polar surface area (TPSA) is 42.7 Å². The maximum absolute atomic E-state index is 13.0. The summed E-state index contributed by atoms with van der Waals surface area (Å²) in [7, 11) is 0. The van der Waals surface area contributed by atoms with Gasteiger partial charge in [0.15, 0.2) is 0 Å². The SMILES string of the molecule is Cc1cc(C)c(N2c3ccccc3C(=O)Oc3c2oc2ccc(C)cc32)c(C)c1. The molecule has 1 aliphatic rings. The van der Waals surface area contributed by atoms with Gasteiger partial charge in [0.2, 0.25) is 11.6 Å². The Morgan fingerprint density at radius 1 is 0.828 bits per heavy atom. The monoisotopic (exact) mass is 383 g/mol. The van der Waals surface area contributed by atoms with Crippen molar-refractivity contribution < 1.29 is 13.9 Å². The van der Waals surface area contributed by atoms with Crippen molar-refractivity contribution in [3.8, 4) is 5.75 Å². The number of esters is 1. The molecule has 4 aromatic rings. The number of hydrogen-bond donors (Lipinski definition) is 0. The lowest BCUT2D eigenvalue weighted by atomic mass is 10.0. The molecule has 29 heavy (non-hydrogen) atoms. The van der Waals surface area contributed by atoms with E-state index in [4.69, 9.17) is 9.15 Å². The highest BCUT2D eigenvalue weighted by Crippen LogP contribution is 2.50. The van der Waals surface area contributed by atoms with E-state index in [0.717, 1.165) is 33.5 Å². The van der Waals surface area contributed by atoms with Gasteiger partial charge in [-0.15, -0.1) is 0 Å². The number of ether oxygens (including phenoxy) is 1. The zero-order valence-corrected chi connectivity index (χ0v) is 16.9. The minimum absolute atomic E-state index is 0.379. The van der Waals surface area contributed by atoms with Crippen LogP contribution >= 0.6 is 0 Å². The van der Waals surface area contributed by atoms with Gasteiger partial charge in [0.25, 0.3) is 0 Å². The molecular formula is C25H21NO3. The largest absolute Gasteiger partial charge is 0.436 e. The van der Waals surface area contributed by atoms with Crippen molar-refractivity contribution in [2.75, 3.05) is 4.90 Å². The van der Waals surface area contributed by atoms with Crippen LogP contribution in [0.1, 0.15) is 32.6 Å². The molecule has 0 fully saturated rings. The van der Waals surface area contributed by atoms with Crippen molar-refractivity contribution >= 4 is 34.2 Å². The second kappa shape index (κ2) is 6.24. The third-order valence-corrected chi connectivity index (χ3v) is 5.40. The molecule has 0 saturated carbocycles. The molecule has 5 rings (SSSR count). The van der Waals surface area contributed by atoms with Crippen molar-refractivity contribution in [3.05, 3.63) is 82.4 Å². The van der Waals surface area contributed by atoms with Crippen LogP contribution in [0.15, 0.2) is 59.0 Å². The summed E-state index contributed by atoms with van der Waals surface area (Å²) in [5, 5.41) is 0.800. The highest BCUT2D eigenvalue weighted by molar-refractivity contribution is 6.06. The second-order valence-corrected chi connectivity index (χ2v) is 7.73. The molecule has 0 N–H and O–H groups in total. The van der Waals surface area contributed by atoms with E-state index in [0.29, 0.717) is 22.8 Å². The molecule has 1 aliphatic heterocycles. The van der Waals surface area contributed by atoms with Crippen LogP contribution in [-0.4, -0.2) is 5.97 Å². The Morgan fingerprint density at radius 3 is 2.31 bits per heavy atom. The predicted molar refractivity (Wildman–Crippen MR) is 115 cm³/mol. The summed E-state index contributed by atoms with van der Waals surface area (Å²) in [5.74, 6) is 0.610. The van der Waals surface area contributed by atoms with Gasteiger partial charge in [-0.05, 0) is 63.1 Å². The third-order valence-electron chi connectivity index (χ3n) is 5.40. The number of furan rings is 1. The number of aryl methyl sites for hydroxylation is 4. The first kappa shape index (κ1) is 17.6. The molecule has 144 valence electrons. The third kappa shape index (κ3) is 2.64. The Balaban J connectivity index is 1.90. The maximum atomic E-state index is 13.0. The van der Waals surface area contributed by atoms with Crippen LogP contribution in [0.4, 0.5) is 17.3 Å². The fraction of sp³-hybridized carbons (Fsp3) is 0.160. The van der Waals surface area contributed by atoms with E-state index in [-0.39, 0.29) is 5.97 Å². The van der Waals surface area contributed by atoms with Gasteiger partial charge < -0.3 is 9.15 Å². The molecule has 0 unspecified atom stereocenters. The van der Waals surface area contributed by atoms with E-state index in [2.05, 4.69) is 32.9 Å². The van der Waals surface area contributed by atoms with E-state index < -0.39 is 0 Å². The smallest absolute Gasteiger partial charge is 0.345 e. The summed E-state index contributed by atoms with van der Waals surface area (Å²) in [4.78, 5) is 15.0. The number of carbonyl (C=O) groups is 1. The Morgan fingerprint density at radius 2 is 1.55 bits per heavy atom. The summed E-state index contributed by atoms with van der Waals surface area (Å²) in [6.45, 7) is 8.26. The first-order valence-electron chi connectivity index (χ1n) is 9.66. The molecule has 0 radical (unpaired) electrons. The van der Waals surface area contributed by atoms with Crippen LogP contribution in [0.25, 0.3) is 11.0 Å². The molecule has 2 heterocycles. The number of carbonyl (C=O) groups excluding carboxylic acids is 1. The molecule has 0 spiro atoms. The number of rotatable bonds is 1. The average Bonchev–Trinajstić information content (AvgIpc) is 2.96. The van der Waals surface area contributed by atoms with Crippen LogP contribution in [0.5, 0.6) is 5.75 Å². The standard InChI is InChI=1S/C25H21NO3/c1-14-9-10-21-19(13-14)23-24(28-21)26(22-16(3)11-15(2)12-17(22)4)20-8-6-5-7-18(20)25(27)29-23/h5-13H,1-4H3. The van der Waals surface area contributed by atoms with Gasteiger partial charge in [0.1, 0.15) is 5.58 Å². The van der Waals surface area contributed by atoms with E-state index in [9.17, 15) is 4.79 Å². The van der Waals surface area contributed by atoms with Gasteiger partial charge >= 0.3 is 5.97 Å². The lowest BCUT2D eigenvalue weighted by Gasteiger charge is -2.26. The molecule has 4 heteroatoms. The zero-order chi connectivity index (χ0) is 20.3. The van der Waals surface area contributed by atoms with Crippen molar-refractivity contribution in [1.82, 2.24) is 0 Å². The molecule has 1 aromatic heterocycles. The summed E-state index contributed by atoms with van der Waals surface area (Å²) in [5.41, 5.74) is 7.44. The second-order valence-electron chi connectivity index (χ2n) is 7.73. The minimum atomic E-state index is -0.379. The van der Waals surface area contributed by atoms with Crippen molar-refractivity contribution in [1.29, 1.82) is 0 Å². The Hall–Kier alpha value is -3.53. The summed E-state index contributed by atoms with van der Waals surface area (Å²) >= 11 is 0. The summed E-state index contributed by atoms with van der Waals surface area (Å²) in [6, 6.07) is 17.7. The minimum Gasteiger partial charge on any atom is -0.436 e. The van der Waals surface area contributed by atoms with Crippen LogP contribution in [0.2, 0.25) is 0 Å². The lowest BCUT2D eigenvalue weighted by Crippen LogP contribution is -2.14. The molecule has 4 nitrogen and oxygen atoms in total. The van der Waals surface area contributed by atoms with Crippen LogP contribution in [0, 0.1) is 27.7 Å². The normalized spacial score (nSPS) is 13.1. The van der Waals surface area contributed by atoms with Crippen molar-refractivity contribution in [2.24, 2.45) is 0 Å². The van der Waals surface area contributed by atoms with Gasteiger partial charge in [-0.3, -0.25) is 4.90 Å². The first-order valence-corrected chi connectivity index (χ1v) is 9.66. The molecule has 0 atom stereocenters. The van der Waals surface area contributed by atoms with Crippen LogP contribution < -0.4 is 9.64 Å². The van der Waals surface area contributed by atoms with E-state index >= 15 is 0 Å². The molecule has 0 saturated heterocycles. The van der Waals surface area contributed by atoms with Gasteiger partial charge in [-0.25, -0.2) is 4.79 Å². The number of benzene rings is 3. The van der Waals surface area contributed by atoms with Crippen LogP contribution in [-0.2, 0) is 0 Å². The Kier molecular flexibility index (Phi) is 3.78. The number of nitrogens with zero attached hydrogens (tertiary/aromatic N) is 1. The summed E-state index contributed by atoms with van der Waals surface area (Å²) < 4.78 is 12.2. The first-order chi connectivity index (χ1) is 13.9. The Bertz CT molecular complexity index is 1280. The number of anilines is 3. The maximum Gasteiger partial charge on any atom is 0.345 e. The molecule has 0 bridgehead atoms. The highest BCUT2D eigenvalue weighted by Gasteiger charge is 2.34. The summed E-state index contributed by atoms with van der Waals surface area (Å²) in [6.07, 6.45) is 0. The van der Waals surface area contributed by atoms with Gasteiger partial charge in [0.05, 0.1) is 22.3 Å². The van der Waals surface area contributed by atoms with Gasteiger partial charge in [-0.1, -0.05) is 41.5 Å². The van der Waals surface area contributed by atoms with Gasteiger partial charge in [0, 0.05) is 0 Å². The number of hydrogen-bond acceptors (Lipinski definition) is 4. The Labute approximate surface area is 169 Å². The van der Waals surface area contributed by atoms with Gasteiger partial charge in [-0.2, -0.15) is 0 Å². The fourth-order valence-corrected chi connectivity index (χ4v) is 4.27. The predicted octanol–water partition coefficient (Wildman–Crippen LogP) is 6.67. The molecular weight excluding hydrogens is 362 g/mol.